The molecule has 3 nitrogen and oxygen atoms in total. The molecule has 0 amide bonds. The fourth-order valence-corrected chi connectivity index (χ4v) is 5.44. The van der Waals surface area contributed by atoms with E-state index >= 15 is 0 Å². The van der Waals surface area contributed by atoms with Crippen molar-refractivity contribution in [3.8, 4) is 11.5 Å². The number of phenolic OH excluding ortho intramolecular Hbond substituents is 1. The first-order chi connectivity index (χ1) is 11.6. The summed E-state index contributed by atoms with van der Waals surface area (Å²) < 4.78 is 19.0. The molecule has 0 aromatic heterocycles. The first-order valence-electron chi connectivity index (χ1n) is 7.69. The van der Waals surface area contributed by atoms with Crippen LogP contribution in [-0.2, 0) is 10.7 Å². The average Bonchev–Trinajstić information content (AvgIpc) is 2.63. The van der Waals surface area contributed by atoms with Gasteiger partial charge in [-0.2, -0.15) is 0 Å². The fourth-order valence-electron chi connectivity index (χ4n) is 2.76. The lowest BCUT2D eigenvalue weighted by Gasteiger charge is -2.20. The molecule has 0 radical (unpaired) electrons. The summed E-state index contributed by atoms with van der Waals surface area (Å²) in [5.74, 6) is 0.468. The van der Waals surface area contributed by atoms with E-state index in [9.17, 15) is 9.67 Å². The molecule has 4 heteroatoms. The van der Waals surface area contributed by atoms with Gasteiger partial charge in [0.2, 0.25) is 0 Å². The Kier molecular flexibility index (Phi) is 4.73. The number of hydrogen-bond acceptors (Lipinski definition) is 3. The fraction of sp³-hybridized carbons (Fsp3) is 0.100. The van der Waals surface area contributed by atoms with E-state index in [1.807, 2.05) is 66.7 Å². The van der Waals surface area contributed by atoms with Gasteiger partial charge in [0.05, 0.1) is 7.11 Å². The molecule has 3 aromatic rings. The van der Waals surface area contributed by atoms with Crippen LogP contribution < -0.4 is 15.3 Å². The van der Waals surface area contributed by atoms with Gasteiger partial charge < -0.3 is 14.4 Å². The van der Waals surface area contributed by atoms with Crippen LogP contribution in [0.2, 0.25) is 0 Å². The third-order valence-electron chi connectivity index (χ3n) is 4.00. The number of aromatic hydroxyl groups is 1. The second-order valence-corrected chi connectivity index (χ2v) is 8.40. The summed E-state index contributed by atoms with van der Waals surface area (Å²) in [5, 5.41) is 11.6. The lowest BCUT2D eigenvalue weighted by molar-refractivity contribution is 0.373. The Hall–Kier alpha value is -2.51. The van der Waals surface area contributed by atoms with Gasteiger partial charge in [-0.25, -0.2) is 0 Å². The highest BCUT2D eigenvalue weighted by atomic mass is 31.2. The predicted octanol–water partition coefficient (Wildman–Crippen LogP) is 3.91. The molecule has 0 saturated heterocycles. The van der Waals surface area contributed by atoms with E-state index in [2.05, 4.69) is 0 Å². The zero-order chi connectivity index (χ0) is 17.0. The topological polar surface area (TPSA) is 46.5 Å². The summed E-state index contributed by atoms with van der Waals surface area (Å²) in [5.41, 5.74) is 0.810. The lowest BCUT2D eigenvalue weighted by Crippen LogP contribution is -2.17. The minimum Gasteiger partial charge on any atom is -0.504 e. The van der Waals surface area contributed by atoms with Crippen molar-refractivity contribution in [2.24, 2.45) is 0 Å². The summed E-state index contributed by atoms with van der Waals surface area (Å²) >= 11 is 0. The summed E-state index contributed by atoms with van der Waals surface area (Å²) in [6.07, 6.45) is 0.346. The first kappa shape index (κ1) is 16.4. The van der Waals surface area contributed by atoms with Gasteiger partial charge in [0.25, 0.3) is 0 Å². The van der Waals surface area contributed by atoms with Gasteiger partial charge in [0.15, 0.2) is 11.5 Å². The van der Waals surface area contributed by atoms with Crippen LogP contribution in [0, 0.1) is 0 Å². The van der Waals surface area contributed by atoms with Crippen LogP contribution in [0.5, 0.6) is 11.5 Å². The maximum absolute atomic E-state index is 13.9. The molecule has 1 N–H and O–H groups in total. The quantitative estimate of drug-likeness (QED) is 0.718. The van der Waals surface area contributed by atoms with Crippen molar-refractivity contribution in [3.63, 3.8) is 0 Å². The maximum atomic E-state index is 13.9. The van der Waals surface area contributed by atoms with Crippen LogP contribution >= 0.6 is 7.14 Å². The second kappa shape index (κ2) is 6.94. The van der Waals surface area contributed by atoms with Gasteiger partial charge in [-0.05, 0) is 17.7 Å². The van der Waals surface area contributed by atoms with Gasteiger partial charge in [-0.15, -0.1) is 0 Å². The van der Waals surface area contributed by atoms with Gasteiger partial charge in [0.1, 0.15) is 7.14 Å². The van der Waals surface area contributed by atoms with E-state index in [0.717, 1.165) is 16.2 Å². The standard InChI is InChI=1S/C20H19O3P/c1-23-20-13-12-16(14-19(20)21)15-24(22,17-8-4-2-5-9-17)18-10-6-3-7-11-18/h2-14,21H,15H2,1H3. The molecule has 0 aliphatic heterocycles. The van der Waals surface area contributed by atoms with Crippen LogP contribution in [0.15, 0.2) is 78.9 Å². The molecule has 0 spiro atoms. The van der Waals surface area contributed by atoms with Crippen LogP contribution in [-0.4, -0.2) is 12.2 Å². The van der Waals surface area contributed by atoms with Gasteiger partial charge >= 0.3 is 0 Å². The molecule has 122 valence electrons. The minimum absolute atomic E-state index is 0.0580. The van der Waals surface area contributed by atoms with Gasteiger partial charge in [-0.3, -0.25) is 0 Å². The third kappa shape index (κ3) is 3.22. The molecule has 0 aliphatic rings. The molecular weight excluding hydrogens is 319 g/mol. The van der Waals surface area contributed by atoms with Crippen molar-refractivity contribution in [3.05, 3.63) is 84.4 Å². The summed E-state index contributed by atoms with van der Waals surface area (Å²) in [6.45, 7) is 0. The van der Waals surface area contributed by atoms with E-state index in [0.29, 0.717) is 11.9 Å². The van der Waals surface area contributed by atoms with Crippen LogP contribution in [0.3, 0.4) is 0 Å². The average molecular weight is 338 g/mol. The van der Waals surface area contributed by atoms with Crippen molar-refractivity contribution in [2.75, 3.05) is 7.11 Å². The molecule has 0 aliphatic carbocycles. The number of methoxy groups -OCH3 is 1. The molecule has 0 atom stereocenters. The molecule has 3 rings (SSSR count). The molecular formula is C20H19O3P. The predicted molar refractivity (Wildman–Crippen MR) is 98.1 cm³/mol. The second-order valence-electron chi connectivity index (χ2n) is 5.58. The maximum Gasteiger partial charge on any atom is 0.160 e. The number of ether oxygens (including phenoxy) is 1. The van der Waals surface area contributed by atoms with Gasteiger partial charge in [-0.1, -0.05) is 66.7 Å². The number of rotatable bonds is 5. The van der Waals surface area contributed by atoms with E-state index in [1.165, 1.54) is 7.11 Å². The zero-order valence-corrected chi connectivity index (χ0v) is 14.3. The van der Waals surface area contributed by atoms with Crippen LogP contribution in [0.1, 0.15) is 5.56 Å². The molecule has 0 heterocycles. The normalized spacial score (nSPS) is 11.2. The Bertz CT molecular complexity index is 817. The number of hydrogen-bond donors (Lipinski definition) is 1. The highest BCUT2D eigenvalue weighted by molar-refractivity contribution is 7.78. The highest BCUT2D eigenvalue weighted by Gasteiger charge is 2.27. The lowest BCUT2D eigenvalue weighted by atomic mass is 10.2. The van der Waals surface area contributed by atoms with E-state index in [4.69, 9.17) is 4.74 Å². The molecule has 0 saturated carbocycles. The summed E-state index contributed by atoms with van der Waals surface area (Å²) in [7, 11) is -1.33. The molecule has 3 aromatic carbocycles. The van der Waals surface area contributed by atoms with Crippen molar-refractivity contribution >= 4 is 17.8 Å². The van der Waals surface area contributed by atoms with Gasteiger partial charge in [0, 0.05) is 16.8 Å². The van der Waals surface area contributed by atoms with E-state index < -0.39 is 7.14 Å². The smallest absolute Gasteiger partial charge is 0.160 e. The summed E-state index contributed by atoms with van der Waals surface area (Å²) in [6, 6.07) is 24.2. The zero-order valence-electron chi connectivity index (χ0n) is 13.4. The van der Waals surface area contributed by atoms with Crippen molar-refractivity contribution < 1.29 is 14.4 Å². The van der Waals surface area contributed by atoms with Crippen molar-refractivity contribution in [2.45, 2.75) is 6.16 Å². The van der Waals surface area contributed by atoms with Crippen molar-refractivity contribution in [1.29, 1.82) is 0 Å². The molecule has 0 bridgehead atoms. The largest absolute Gasteiger partial charge is 0.504 e. The van der Waals surface area contributed by atoms with Crippen LogP contribution in [0.4, 0.5) is 0 Å². The Morgan fingerprint density at radius 3 is 1.88 bits per heavy atom. The number of benzene rings is 3. The third-order valence-corrected chi connectivity index (χ3v) is 7.07. The van der Waals surface area contributed by atoms with Crippen LogP contribution in [0.25, 0.3) is 0 Å². The van der Waals surface area contributed by atoms with E-state index in [1.54, 1.807) is 12.1 Å². The number of phenols is 1. The Morgan fingerprint density at radius 1 is 0.875 bits per heavy atom. The Morgan fingerprint density at radius 2 is 1.42 bits per heavy atom. The monoisotopic (exact) mass is 338 g/mol. The molecule has 0 fully saturated rings. The van der Waals surface area contributed by atoms with Crippen molar-refractivity contribution in [1.82, 2.24) is 0 Å². The summed E-state index contributed by atoms with van der Waals surface area (Å²) in [4.78, 5) is 0. The Balaban J connectivity index is 2.07. The van der Waals surface area contributed by atoms with E-state index in [-0.39, 0.29) is 5.75 Å². The molecule has 24 heavy (non-hydrogen) atoms. The Labute approximate surface area is 141 Å². The first-order valence-corrected chi connectivity index (χ1v) is 9.59. The minimum atomic E-state index is -2.84. The SMILES string of the molecule is COc1ccc(CP(=O)(c2ccccc2)c2ccccc2)cc1O. The highest BCUT2D eigenvalue weighted by Crippen LogP contribution is 2.47. The molecule has 0 unspecified atom stereocenters.